The second-order valence-corrected chi connectivity index (χ2v) is 4.07. The maximum Gasteiger partial charge on any atom is 0.245 e. The number of rotatable bonds is 5. The van der Waals surface area contributed by atoms with Gasteiger partial charge < -0.3 is 15.8 Å². The van der Waals surface area contributed by atoms with Gasteiger partial charge in [0.25, 0.3) is 0 Å². The molecule has 4 nitrogen and oxygen atoms in total. The van der Waals surface area contributed by atoms with Gasteiger partial charge in [0.2, 0.25) is 5.91 Å². The second kappa shape index (κ2) is 4.99. The molecule has 88 valence electrons. The number of aryl methyl sites for hydroxylation is 1. The molecule has 0 saturated heterocycles. The van der Waals surface area contributed by atoms with E-state index in [0.717, 1.165) is 11.3 Å². The second-order valence-electron chi connectivity index (χ2n) is 4.07. The van der Waals surface area contributed by atoms with E-state index in [1.165, 1.54) is 0 Å². The maximum atomic E-state index is 11.4. The van der Waals surface area contributed by atoms with E-state index in [2.05, 4.69) is 5.32 Å². The van der Waals surface area contributed by atoms with Crippen LogP contribution in [0.1, 0.15) is 12.5 Å². The predicted octanol–water partition coefficient (Wildman–Crippen LogP) is 1.30. The first kappa shape index (κ1) is 12.5. The summed E-state index contributed by atoms with van der Waals surface area (Å²) in [5.41, 5.74) is 6.44. The number of ether oxygens (including phenoxy) is 1. The third kappa shape index (κ3) is 2.73. The van der Waals surface area contributed by atoms with Gasteiger partial charge in [-0.1, -0.05) is 18.2 Å². The monoisotopic (exact) mass is 222 g/mol. The molecule has 4 heteroatoms. The van der Waals surface area contributed by atoms with Crippen molar-refractivity contribution in [2.24, 2.45) is 5.73 Å². The number of primary amides is 1. The zero-order valence-corrected chi connectivity index (χ0v) is 9.91. The van der Waals surface area contributed by atoms with Crippen LogP contribution in [0.5, 0.6) is 0 Å². The van der Waals surface area contributed by atoms with Gasteiger partial charge in [-0.3, -0.25) is 4.79 Å². The molecule has 1 unspecified atom stereocenters. The third-order valence-corrected chi connectivity index (χ3v) is 2.53. The normalized spacial score (nSPS) is 14.2. The van der Waals surface area contributed by atoms with E-state index in [4.69, 9.17) is 10.5 Å². The Morgan fingerprint density at radius 1 is 1.50 bits per heavy atom. The van der Waals surface area contributed by atoms with Crippen molar-refractivity contribution in [1.29, 1.82) is 0 Å². The number of methoxy groups -OCH3 is 1. The molecule has 0 fully saturated rings. The highest BCUT2D eigenvalue weighted by atomic mass is 16.5. The molecule has 0 radical (unpaired) electrons. The maximum absolute atomic E-state index is 11.4. The van der Waals surface area contributed by atoms with Crippen molar-refractivity contribution in [1.82, 2.24) is 0 Å². The highest BCUT2D eigenvalue weighted by molar-refractivity contribution is 5.87. The van der Waals surface area contributed by atoms with Crippen molar-refractivity contribution in [3.05, 3.63) is 29.8 Å². The SMILES string of the molecule is COCC(C)(Nc1ccccc1C)C(N)=O. The molecule has 1 aromatic rings. The van der Waals surface area contributed by atoms with Crippen molar-refractivity contribution in [2.45, 2.75) is 19.4 Å². The standard InChI is InChI=1S/C12H18N2O2/c1-9-6-4-5-7-10(9)14-12(2,8-16-3)11(13)15/h4-7,14H,8H2,1-3H3,(H2,13,15). The number of amides is 1. The minimum absolute atomic E-state index is 0.233. The molecule has 1 amide bonds. The summed E-state index contributed by atoms with van der Waals surface area (Å²) >= 11 is 0. The average molecular weight is 222 g/mol. The minimum Gasteiger partial charge on any atom is -0.382 e. The number of para-hydroxylation sites is 1. The summed E-state index contributed by atoms with van der Waals surface area (Å²) in [5.74, 6) is -0.433. The zero-order chi connectivity index (χ0) is 12.2. The van der Waals surface area contributed by atoms with Crippen LogP contribution < -0.4 is 11.1 Å². The number of nitrogens with two attached hydrogens (primary N) is 1. The molecule has 1 rings (SSSR count). The van der Waals surface area contributed by atoms with Crippen LogP contribution in [0.25, 0.3) is 0 Å². The lowest BCUT2D eigenvalue weighted by molar-refractivity contribution is -0.123. The topological polar surface area (TPSA) is 64.3 Å². The van der Waals surface area contributed by atoms with Gasteiger partial charge >= 0.3 is 0 Å². The van der Waals surface area contributed by atoms with Crippen molar-refractivity contribution in [3.8, 4) is 0 Å². The fourth-order valence-electron chi connectivity index (χ4n) is 1.47. The predicted molar refractivity (Wildman–Crippen MR) is 64.3 cm³/mol. The lowest BCUT2D eigenvalue weighted by Crippen LogP contribution is -2.51. The molecule has 0 bridgehead atoms. The smallest absolute Gasteiger partial charge is 0.245 e. The first-order valence-electron chi connectivity index (χ1n) is 5.12. The Morgan fingerprint density at radius 3 is 2.62 bits per heavy atom. The number of carbonyl (C=O) groups excluding carboxylic acids is 1. The molecule has 0 heterocycles. The van der Waals surface area contributed by atoms with Crippen molar-refractivity contribution >= 4 is 11.6 Å². The molecule has 0 aliphatic rings. The summed E-state index contributed by atoms with van der Waals surface area (Å²) in [6, 6.07) is 7.73. The molecule has 1 atom stereocenters. The van der Waals surface area contributed by atoms with Crippen molar-refractivity contribution in [2.75, 3.05) is 19.0 Å². The van der Waals surface area contributed by atoms with Gasteiger partial charge in [0.05, 0.1) is 6.61 Å². The summed E-state index contributed by atoms with van der Waals surface area (Å²) in [4.78, 5) is 11.4. The van der Waals surface area contributed by atoms with Crippen molar-refractivity contribution < 1.29 is 9.53 Å². The van der Waals surface area contributed by atoms with Crippen LogP contribution in [0.3, 0.4) is 0 Å². The third-order valence-electron chi connectivity index (χ3n) is 2.53. The zero-order valence-electron chi connectivity index (χ0n) is 9.91. The number of hydrogen-bond donors (Lipinski definition) is 2. The molecule has 0 aromatic heterocycles. The molecule has 0 aliphatic carbocycles. The van der Waals surface area contributed by atoms with E-state index in [9.17, 15) is 4.79 Å². The number of nitrogens with one attached hydrogen (secondary N) is 1. The largest absolute Gasteiger partial charge is 0.382 e. The molecule has 0 saturated carbocycles. The van der Waals surface area contributed by atoms with Gasteiger partial charge in [-0.05, 0) is 25.5 Å². The van der Waals surface area contributed by atoms with E-state index in [1.807, 2.05) is 31.2 Å². The Bertz CT molecular complexity index is 379. The lowest BCUT2D eigenvalue weighted by atomic mass is 10.0. The van der Waals surface area contributed by atoms with E-state index >= 15 is 0 Å². The highest BCUT2D eigenvalue weighted by Gasteiger charge is 2.31. The van der Waals surface area contributed by atoms with E-state index in [0.29, 0.717) is 0 Å². The summed E-state index contributed by atoms with van der Waals surface area (Å²) in [6.45, 7) is 3.93. The Balaban J connectivity index is 2.92. The molecule has 16 heavy (non-hydrogen) atoms. The number of benzene rings is 1. The van der Waals surface area contributed by atoms with Gasteiger partial charge in [0.15, 0.2) is 0 Å². The first-order valence-corrected chi connectivity index (χ1v) is 5.12. The minimum atomic E-state index is -0.888. The van der Waals surface area contributed by atoms with Crippen LogP contribution in [0.2, 0.25) is 0 Å². The number of carbonyl (C=O) groups is 1. The Kier molecular flexibility index (Phi) is 3.90. The number of anilines is 1. The molecular formula is C12H18N2O2. The summed E-state index contributed by atoms with van der Waals surface area (Å²) in [5, 5.41) is 3.12. The van der Waals surface area contributed by atoms with Crippen LogP contribution in [0.15, 0.2) is 24.3 Å². The fraction of sp³-hybridized carbons (Fsp3) is 0.417. The molecule has 1 aromatic carbocycles. The Hall–Kier alpha value is -1.55. The molecule has 0 spiro atoms. The Morgan fingerprint density at radius 2 is 2.12 bits per heavy atom. The molecule has 3 N–H and O–H groups in total. The van der Waals surface area contributed by atoms with Crippen LogP contribution in [-0.4, -0.2) is 25.2 Å². The van der Waals surface area contributed by atoms with Gasteiger partial charge in [0.1, 0.15) is 5.54 Å². The van der Waals surface area contributed by atoms with Crippen LogP contribution >= 0.6 is 0 Å². The van der Waals surface area contributed by atoms with E-state index < -0.39 is 11.4 Å². The molecule has 0 aliphatic heterocycles. The van der Waals surface area contributed by atoms with Gasteiger partial charge in [-0.25, -0.2) is 0 Å². The average Bonchev–Trinajstić information content (AvgIpc) is 2.21. The van der Waals surface area contributed by atoms with Crippen molar-refractivity contribution in [3.63, 3.8) is 0 Å². The summed E-state index contributed by atoms with van der Waals surface area (Å²) in [7, 11) is 1.54. The van der Waals surface area contributed by atoms with Gasteiger partial charge in [-0.2, -0.15) is 0 Å². The fourth-order valence-corrected chi connectivity index (χ4v) is 1.47. The summed E-state index contributed by atoms with van der Waals surface area (Å²) in [6.07, 6.45) is 0. The number of hydrogen-bond acceptors (Lipinski definition) is 3. The molecular weight excluding hydrogens is 204 g/mol. The van der Waals surface area contributed by atoms with Crippen LogP contribution in [-0.2, 0) is 9.53 Å². The van der Waals surface area contributed by atoms with E-state index in [-0.39, 0.29) is 6.61 Å². The van der Waals surface area contributed by atoms with E-state index in [1.54, 1.807) is 14.0 Å². The van der Waals surface area contributed by atoms with Gasteiger partial charge in [0, 0.05) is 12.8 Å². The lowest BCUT2D eigenvalue weighted by Gasteiger charge is -2.28. The Labute approximate surface area is 95.8 Å². The van der Waals surface area contributed by atoms with Gasteiger partial charge in [-0.15, -0.1) is 0 Å². The summed E-state index contributed by atoms with van der Waals surface area (Å²) < 4.78 is 5.02. The first-order chi connectivity index (χ1) is 7.49. The quantitative estimate of drug-likeness (QED) is 0.789. The highest BCUT2D eigenvalue weighted by Crippen LogP contribution is 2.19. The van der Waals surface area contributed by atoms with Crippen LogP contribution in [0, 0.1) is 6.92 Å². The van der Waals surface area contributed by atoms with Crippen LogP contribution in [0.4, 0.5) is 5.69 Å².